The zero-order chi connectivity index (χ0) is 12.2. The molecule has 0 aliphatic heterocycles. The molecule has 0 saturated heterocycles. The SMILES string of the molecule is CCC(=O)C(C)(C)CCc1ccc(N)cc1. The Labute approximate surface area is 97.9 Å². The minimum absolute atomic E-state index is 0.212. The molecular weight excluding hydrogens is 198 g/mol. The van der Waals surface area contributed by atoms with Gasteiger partial charge < -0.3 is 5.73 Å². The Morgan fingerprint density at radius 2 is 1.81 bits per heavy atom. The predicted molar refractivity (Wildman–Crippen MR) is 68.3 cm³/mol. The molecule has 0 aliphatic rings. The molecule has 1 aromatic carbocycles. The fourth-order valence-corrected chi connectivity index (χ4v) is 1.76. The molecule has 16 heavy (non-hydrogen) atoms. The fourth-order valence-electron chi connectivity index (χ4n) is 1.76. The molecule has 0 atom stereocenters. The van der Waals surface area contributed by atoms with Gasteiger partial charge in [-0.15, -0.1) is 0 Å². The van der Waals surface area contributed by atoms with Crippen molar-refractivity contribution in [3.8, 4) is 0 Å². The van der Waals surface area contributed by atoms with E-state index in [0.29, 0.717) is 12.2 Å². The van der Waals surface area contributed by atoms with Crippen molar-refractivity contribution < 1.29 is 4.79 Å². The Kier molecular flexibility index (Phi) is 4.11. The lowest BCUT2D eigenvalue weighted by atomic mass is 9.81. The number of Topliss-reactive ketones (excluding diaryl/α,β-unsaturated/α-hetero) is 1. The number of carbonyl (C=O) groups excluding carboxylic acids is 1. The zero-order valence-corrected chi connectivity index (χ0v) is 10.4. The summed E-state index contributed by atoms with van der Waals surface area (Å²) in [7, 11) is 0. The second-order valence-corrected chi connectivity index (χ2v) is 4.90. The summed E-state index contributed by atoms with van der Waals surface area (Å²) in [5.41, 5.74) is 7.44. The van der Waals surface area contributed by atoms with E-state index in [4.69, 9.17) is 5.73 Å². The van der Waals surface area contributed by atoms with Gasteiger partial charge in [0.2, 0.25) is 0 Å². The van der Waals surface area contributed by atoms with Crippen LogP contribution in [0.5, 0.6) is 0 Å². The molecule has 0 spiro atoms. The lowest BCUT2D eigenvalue weighted by Crippen LogP contribution is -2.24. The lowest BCUT2D eigenvalue weighted by Gasteiger charge is -2.22. The van der Waals surface area contributed by atoms with Crippen molar-refractivity contribution in [3.63, 3.8) is 0 Å². The van der Waals surface area contributed by atoms with E-state index in [1.807, 2.05) is 45.0 Å². The Bertz CT molecular complexity index is 352. The van der Waals surface area contributed by atoms with Gasteiger partial charge in [-0.1, -0.05) is 32.9 Å². The monoisotopic (exact) mass is 219 g/mol. The third kappa shape index (κ3) is 3.37. The van der Waals surface area contributed by atoms with Crippen molar-refractivity contribution in [3.05, 3.63) is 29.8 Å². The summed E-state index contributed by atoms with van der Waals surface area (Å²) in [6.07, 6.45) is 2.44. The van der Waals surface area contributed by atoms with Gasteiger partial charge in [-0.05, 0) is 30.5 Å². The molecule has 0 unspecified atom stereocenters. The largest absolute Gasteiger partial charge is 0.399 e. The van der Waals surface area contributed by atoms with Crippen molar-refractivity contribution in [2.45, 2.75) is 40.0 Å². The van der Waals surface area contributed by atoms with Gasteiger partial charge in [-0.25, -0.2) is 0 Å². The molecule has 0 bridgehead atoms. The van der Waals surface area contributed by atoms with Crippen LogP contribution in [0.2, 0.25) is 0 Å². The average molecular weight is 219 g/mol. The lowest BCUT2D eigenvalue weighted by molar-refractivity contribution is -0.127. The van der Waals surface area contributed by atoms with Gasteiger partial charge in [0.1, 0.15) is 5.78 Å². The third-order valence-corrected chi connectivity index (χ3v) is 3.09. The first-order chi connectivity index (χ1) is 7.45. The summed E-state index contributed by atoms with van der Waals surface area (Å²) in [4.78, 5) is 11.7. The Balaban J connectivity index is 2.57. The number of rotatable bonds is 5. The summed E-state index contributed by atoms with van der Waals surface area (Å²) in [5.74, 6) is 0.336. The highest BCUT2D eigenvalue weighted by molar-refractivity contribution is 5.83. The molecular formula is C14H21NO. The predicted octanol–water partition coefficient (Wildman–Crippen LogP) is 3.21. The summed E-state index contributed by atoms with van der Waals surface area (Å²) < 4.78 is 0. The molecule has 0 amide bonds. The summed E-state index contributed by atoms with van der Waals surface area (Å²) in [6.45, 7) is 5.97. The Hall–Kier alpha value is -1.31. The smallest absolute Gasteiger partial charge is 0.138 e. The second kappa shape index (κ2) is 5.15. The molecule has 0 aliphatic carbocycles. The zero-order valence-electron chi connectivity index (χ0n) is 10.4. The van der Waals surface area contributed by atoms with Crippen LogP contribution in [0.1, 0.15) is 39.2 Å². The van der Waals surface area contributed by atoms with Crippen LogP contribution >= 0.6 is 0 Å². The maximum Gasteiger partial charge on any atom is 0.138 e. The van der Waals surface area contributed by atoms with Gasteiger partial charge in [0, 0.05) is 17.5 Å². The highest BCUT2D eigenvalue weighted by atomic mass is 16.1. The van der Waals surface area contributed by atoms with E-state index in [0.717, 1.165) is 18.5 Å². The highest BCUT2D eigenvalue weighted by Gasteiger charge is 2.24. The van der Waals surface area contributed by atoms with Gasteiger partial charge in [0.25, 0.3) is 0 Å². The van der Waals surface area contributed by atoms with Crippen LogP contribution in [0.25, 0.3) is 0 Å². The van der Waals surface area contributed by atoms with Gasteiger partial charge in [0.05, 0.1) is 0 Å². The molecule has 1 rings (SSSR count). The number of nitrogen functional groups attached to an aromatic ring is 1. The minimum atomic E-state index is -0.212. The van der Waals surface area contributed by atoms with E-state index in [-0.39, 0.29) is 5.41 Å². The van der Waals surface area contributed by atoms with E-state index in [2.05, 4.69) is 0 Å². The molecule has 0 saturated carbocycles. The van der Waals surface area contributed by atoms with Crippen LogP contribution in [0.3, 0.4) is 0 Å². The average Bonchev–Trinajstić information content (AvgIpc) is 2.27. The van der Waals surface area contributed by atoms with Gasteiger partial charge in [0.15, 0.2) is 0 Å². The highest BCUT2D eigenvalue weighted by Crippen LogP contribution is 2.25. The van der Waals surface area contributed by atoms with Crippen molar-refractivity contribution in [1.29, 1.82) is 0 Å². The minimum Gasteiger partial charge on any atom is -0.399 e. The Morgan fingerprint density at radius 3 is 2.31 bits per heavy atom. The van der Waals surface area contributed by atoms with Crippen LogP contribution in [0.4, 0.5) is 5.69 Å². The molecule has 2 nitrogen and oxygen atoms in total. The number of carbonyl (C=O) groups is 1. The number of nitrogens with two attached hydrogens (primary N) is 1. The third-order valence-electron chi connectivity index (χ3n) is 3.09. The quantitative estimate of drug-likeness (QED) is 0.773. The number of anilines is 1. The normalized spacial score (nSPS) is 11.4. The van der Waals surface area contributed by atoms with Crippen molar-refractivity contribution in [2.75, 3.05) is 5.73 Å². The molecule has 1 aromatic rings. The van der Waals surface area contributed by atoms with Crippen molar-refractivity contribution in [1.82, 2.24) is 0 Å². The first-order valence-electron chi connectivity index (χ1n) is 5.83. The van der Waals surface area contributed by atoms with Crippen LogP contribution in [0.15, 0.2) is 24.3 Å². The second-order valence-electron chi connectivity index (χ2n) is 4.90. The molecule has 88 valence electrons. The first kappa shape index (κ1) is 12.8. The number of benzene rings is 1. The van der Waals surface area contributed by atoms with Crippen molar-refractivity contribution >= 4 is 11.5 Å². The maximum atomic E-state index is 11.7. The molecule has 0 heterocycles. The van der Waals surface area contributed by atoms with Crippen molar-refractivity contribution in [2.24, 2.45) is 5.41 Å². The molecule has 0 aromatic heterocycles. The topological polar surface area (TPSA) is 43.1 Å². The first-order valence-corrected chi connectivity index (χ1v) is 5.83. The van der Waals surface area contributed by atoms with Gasteiger partial charge >= 0.3 is 0 Å². The van der Waals surface area contributed by atoms with E-state index in [1.54, 1.807) is 0 Å². The van der Waals surface area contributed by atoms with Gasteiger partial charge in [-0.3, -0.25) is 4.79 Å². The number of aryl methyl sites for hydroxylation is 1. The van der Waals surface area contributed by atoms with E-state index in [1.165, 1.54) is 5.56 Å². The summed E-state index contributed by atoms with van der Waals surface area (Å²) in [6, 6.07) is 7.87. The molecule has 2 N–H and O–H groups in total. The van der Waals surface area contributed by atoms with Gasteiger partial charge in [-0.2, -0.15) is 0 Å². The van der Waals surface area contributed by atoms with Crippen LogP contribution in [-0.2, 0) is 11.2 Å². The number of hydrogen-bond donors (Lipinski definition) is 1. The van der Waals surface area contributed by atoms with Crippen LogP contribution in [0, 0.1) is 5.41 Å². The van der Waals surface area contributed by atoms with Crippen LogP contribution < -0.4 is 5.73 Å². The maximum absolute atomic E-state index is 11.7. The number of hydrogen-bond acceptors (Lipinski definition) is 2. The number of ketones is 1. The Morgan fingerprint density at radius 1 is 1.25 bits per heavy atom. The van der Waals surface area contributed by atoms with E-state index < -0.39 is 0 Å². The fraction of sp³-hybridized carbons (Fsp3) is 0.500. The van der Waals surface area contributed by atoms with Crippen LogP contribution in [-0.4, -0.2) is 5.78 Å². The summed E-state index contributed by atoms with van der Waals surface area (Å²) in [5, 5.41) is 0. The molecule has 2 heteroatoms. The molecule has 0 radical (unpaired) electrons. The van der Waals surface area contributed by atoms with E-state index in [9.17, 15) is 4.79 Å². The molecule has 0 fully saturated rings. The standard InChI is InChI=1S/C14H21NO/c1-4-13(16)14(2,3)10-9-11-5-7-12(15)8-6-11/h5-8H,4,9-10,15H2,1-3H3. The van der Waals surface area contributed by atoms with E-state index >= 15 is 0 Å². The summed E-state index contributed by atoms with van der Waals surface area (Å²) >= 11 is 0.